The van der Waals surface area contributed by atoms with E-state index in [1.54, 1.807) is 11.3 Å². The van der Waals surface area contributed by atoms with Gasteiger partial charge in [-0.05, 0) is 58.0 Å². The minimum atomic E-state index is 0. The highest BCUT2D eigenvalue weighted by Gasteiger charge is 2.14. The predicted octanol–water partition coefficient (Wildman–Crippen LogP) is 7.98. The van der Waals surface area contributed by atoms with Gasteiger partial charge in [-0.1, -0.05) is 80.6 Å². The van der Waals surface area contributed by atoms with Crippen molar-refractivity contribution in [2.75, 3.05) is 0 Å². The van der Waals surface area contributed by atoms with Gasteiger partial charge in [0.05, 0.1) is 0 Å². The summed E-state index contributed by atoms with van der Waals surface area (Å²) >= 11 is 1.71. The van der Waals surface area contributed by atoms with Crippen LogP contribution in [0.25, 0.3) is 42.4 Å². The van der Waals surface area contributed by atoms with Crippen molar-refractivity contribution in [2.45, 2.75) is 19.8 Å². The Morgan fingerprint density at radius 3 is 2.00 bits per heavy atom. The third-order valence-electron chi connectivity index (χ3n) is 5.67. The van der Waals surface area contributed by atoms with E-state index in [-0.39, 0.29) is 18.9 Å². The maximum absolute atomic E-state index is 13.3. The van der Waals surface area contributed by atoms with Crippen LogP contribution in [0.2, 0.25) is 0 Å². The van der Waals surface area contributed by atoms with Crippen LogP contribution in [0.5, 0.6) is 0 Å². The molecule has 1 heterocycles. The fourth-order valence-electron chi connectivity index (χ4n) is 3.95. The predicted molar refractivity (Wildman–Crippen MR) is 141 cm³/mol. The van der Waals surface area contributed by atoms with Crippen molar-refractivity contribution in [3.63, 3.8) is 0 Å². The molecule has 3 heteroatoms. The molecule has 0 unspecified atom stereocenters. The topological polar surface area (TPSA) is 17.1 Å². The highest BCUT2D eigenvalue weighted by atomic mass is 32.1. The van der Waals surface area contributed by atoms with Gasteiger partial charge in [-0.25, -0.2) is 0 Å². The van der Waals surface area contributed by atoms with Gasteiger partial charge in [0.25, 0.3) is 0 Å². The monoisotopic (exact) mass is 440 g/mol. The smallest absolute Gasteiger partial charge is 0.195 e. The Morgan fingerprint density at radius 2 is 1.29 bits per heavy atom. The molecule has 0 N–H and O–H groups in total. The lowest BCUT2D eigenvalue weighted by molar-refractivity contribution is 0.869. The van der Waals surface area contributed by atoms with Crippen molar-refractivity contribution < 1.29 is 0 Å². The molecule has 5 rings (SSSR count). The number of benzene rings is 4. The molecule has 0 aliphatic rings. The van der Waals surface area contributed by atoms with Crippen LogP contribution in [0.3, 0.4) is 0 Å². The molecule has 0 spiro atoms. The zero-order chi connectivity index (χ0) is 20.7. The van der Waals surface area contributed by atoms with Crippen LogP contribution in [0.15, 0.2) is 95.8 Å². The molecule has 0 aliphatic heterocycles. The molecule has 4 aromatic carbocycles. The van der Waals surface area contributed by atoms with Crippen molar-refractivity contribution in [1.29, 1.82) is 0 Å². The lowest BCUT2D eigenvalue weighted by atomic mass is 9.94. The van der Waals surface area contributed by atoms with Crippen molar-refractivity contribution in [3.8, 4) is 22.3 Å². The second-order valence-corrected chi connectivity index (χ2v) is 9.02. The third kappa shape index (κ3) is 3.91. The van der Waals surface area contributed by atoms with Crippen molar-refractivity contribution in [2.24, 2.45) is 0 Å². The van der Waals surface area contributed by atoms with E-state index in [1.807, 2.05) is 30.3 Å². The molecular formula is C28H24OS2. The fraction of sp³-hybridized carbons (Fsp3) is 0.107. The van der Waals surface area contributed by atoms with Crippen molar-refractivity contribution in [1.82, 2.24) is 0 Å². The van der Waals surface area contributed by atoms with E-state index in [0.29, 0.717) is 5.92 Å². The van der Waals surface area contributed by atoms with Crippen LogP contribution in [-0.4, -0.2) is 0 Å². The normalized spacial score (nSPS) is 11.1. The first kappa shape index (κ1) is 21.4. The zero-order valence-electron chi connectivity index (χ0n) is 17.6. The molecule has 1 nitrogen and oxygen atoms in total. The molecule has 0 atom stereocenters. The minimum absolute atomic E-state index is 0. The van der Waals surface area contributed by atoms with Gasteiger partial charge in [0.1, 0.15) is 0 Å². The Kier molecular flexibility index (Phi) is 5.99. The van der Waals surface area contributed by atoms with Crippen LogP contribution < -0.4 is 5.43 Å². The van der Waals surface area contributed by atoms with E-state index in [4.69, 9.17) is 0 Å². The largest absolute Gasteiger partial charge is 0.289 e. The maximum Gasteiger partial charge on any atom is 0.195 e. The van der Waals surface area contributed by atoms with Gasteiger partial charge in [0.2, 0.25) is 0 Å². The Morgan fingerprint density at radius 1 is 0.677 bits per heavy atom. The number of hydrogen-bond acceptors (Lipinski definition) is 2. The van der Waals surface area contributed by atoms with Crippen LogP contribution in [0.4, 0.5) is 0 Å². The van der Waals surface area contributed by atoms with Gasteiger partial charge in [-0.3, -0.25) is 4.79 Å². The summed E-state index contributed by atoms with van der Waals surface area (Å²) in [5.74, 6) is 0.354. The minimum Gasteiger partial charge on any atom is -0.289 e. The summed E-state index contributed by atoms with van der Waals surface area (Å²) in [7, 11) is 0. The van der Waals surface area contributed by atoms with Crippen molar-refractivity contribution in [3.05, 3.63) is 107 Å². The summed E-state index contributed by atoms with van der Waals surface area (Å²) < 4.78 is 2.10. The molecule has 5 aromatic rings. The average Bonchev–Trinajstić information content (AvgIpc) is 2.79. The van der Waals surface area contributed by atoms with E-state index in [1.165, 1.54) is 16.7 Å². The quantitative estimate of drug-likeness (QED) is 0.260. The Balaban J connectivity index is 0.00000231. The van der Waals surface area contributed by atoms with Crippen LogP contribution in [0, 0.1) is 0 Å². The Bertz CT molecular complexity index is 1420. The highest BCUT2D eigenvalue weighted by molar-refractivity contribution is 7.59. The fourth-order valence-corrected chi connectivity index (χ4v) is 5.13. The lowest BCUT2D eigenvalue weighted by Gasteiger charge is -2.13. The first-order valence-electron chi connectivity index (χ1n) is 10.3. The average molecular weight is 441 g/mol. The molecule has 31 heavy (non-hydrogen) atoms. The van der Waals surface area contributed by atoms with Gasteiger partial charge in [0, 0.05) is 20.2 Å². The third-order valence-corrected chi connectivity index (χ3v) is 6.89. The molecule has 0 fully saturated rings. The summed E-state index contributed by atoms with van der Waals surface area (Å²) in [6, 6.07) is 31.4. The maximum atomic E-state index is 13.3. The summed E-state index contributed by atoms with van der Waals surface area (Å²) in [5, 5.41) is 1.63. The van der Waals surface area contributed by atoms with E-state index >= 15 is 0 Å². The number of fused-ring (bicyclic) bond motifs is 2. The van der Waals surface area contributed by atoms with Crippen molar-refractivity contribution >= 4 is 45.0 Å². The summed E-state index contributed by atoms with van der Waals surface area (Å²) in [6.45, 7) is 4.36. The summed E-state index contributed by atoms with van der Waals surface area (Å²) in [4.78, 5) is 13.3. The molecule has 0 saturated heterocycles. The molecule has 0 amide bonds. The van der Waals surface area contributed by atoms with Crippen LogP contribution in [0.1, 0.15) is 25.3 Å². The van der Waals surface area contributed by atoms with Gasteiger partial charge in [-0.15, -0.1) is 11.3 Å². The molecule has 1 aromatic heterocycles. The van der Waals surface area contributed by atoms with Gasteiger partial charge in [-0.2, -0.15) is 13.5 Å². The number of rotatable bonds is 3. The molecule has 0 radical (unpaired) electrons. The second kappa shape index (κ2) is 8.70. The molecular weight excluding hydrogens is 416 g/mol. The van der Waals surface area contributed by atoms with Gasteiger partial charge in [0.15, 0.2) is 5.43 Å². The van der Waals surface area contributed by atoms with Crippen LogP contribution in [-0.2, 0) is 0 Å². The van der Waals surface area contributed by atoms with E-state index < -0.39 is 0 Å². The van der Waals surface area contributed by atoms with E-state index in [2.05, 4.69) is 74.5 Å². The van der Waals surface area contributed by atoms with Gasteiger partial charge < -0.3 is 0 Å². The van der Waals surface area contributed by atoms with Crippen LogP contribution >= 0.6 is 24.8 Å². The lowest BCUT2D eigenvalue weighted by Crippen LogP contribution is -2.03. The number of hydrogen-bond donors (Lipinski definition) is 0. The SMILES string of the molecule is CC(C)c1cc(-c2ccc(-c3ccccc3)cc2)c2sc3ccccc3c(=O)c2c1.S. The van der Waals surface area contributed by atoms with E-state index in [9.17, 15) is 4.79 Å². The standard InChI is InChI=1S/C28H22OS.H2S/c1-18(2)22-16-24(21-14-12-20(13-15-21)19-8-4-3-5-9-19)28-25(17-22)27(29)23-10-6-7-11-26(23)30-28;/h3-18H,1-2H3;1H2. The molecule has 154 valence electrons. The Labute approximate surface area is 193 Å². The zero-order valence-corrected chi connectivity index (χ0v) is 19.4. The first-order chi connectivity index (χ1) is 14.6. The van der Waals surface area contributed by atoms with E-state index in [0.717, 1.165) is 31.3 Å². The molecule has 0 bridgehead atoms. The van der Waals surface area contributed by atoms with Gasteiger partial charge >= 0.3 is 0 Å². The molecule has 0 saturated carbocycles. The molecule has 0 aliphatic carbocycles. The highest BCUT2D eigenvalue weighted by Crippen LogP contribution is 2.37. The second-order valence-electron chi connectivity index (χ2n) is 7.97. The summed E-state index contributed by atoms with van der Waals surface area (Å²) in [6.07, 6.45) is 0. The summed E-state index contributed by atoms with van der Waals surface area (Å²) in [5.41, 5.74) is 6.02. The first-order valence-corrected chi connectivity index (χ1v) is 11.1. The Hall–Kier alpha value is -2.88.